The SMILES string of the molecule is Cc1cccc([N+](=O)[O-])c1C(=O)N1CCC(CC(=O)O)CC1. The van der Waals surface area contributed by atoms with Gasteiger partial charge in [0.15, 0.2) is 0 Å². The molecule has 1 aromatic rings. The number of amides is 1. The Hall–Kier alpha value is -2.44. The Kier molecular flexibility index (Phi) is 4.75. The van der Waals surface area contributed by atoms with Gasteiger partial charge in [-0.25, -0.2) is 0 Å². The van der Waals surface area contributed by atoms with E-state index in [1.165, 1.54) is 6.07 Å². The first-order valence-corrected chi connectivity index (χ1v) is 7.15. The number of nitro benzene ring substituents is 1. The summed E-state index contributed by atoms with van der Waals surface area (Å²) in [6.45, 7) is 2.54. The van der Waals surface area contributed by atoms with Gasteiger partial charge >= 0.3 is 5.97 Å². The first-order valence-electron chi connectivity index (χ1n) is 7.15. The largest absolute Gasteiger partial charge is 0.481 e. The predicted molar refractivity (Wildman–Crippen MR) is 78.7 cm³/mol. The van der Waals surface area contributed by atoms with Crippen LogP contribution in [0.5, 0.6) is 0 Å². The van der Waals surface area contributed by atoms with E-state index >= 15 is 0 Å². The van der Waals surface area contributed by atoms with Crippen molar-refractivity contribution in [2.45, 2.75) is 26.2 Å². The number of carbonyl (C=O) groups is 2. The minimum Gasteiger partial charge on any atom is -0.481 e. The van der Waals surface area contributed by atoms with Gasteiger partial charge in [-0.1, -0.05) is 12.1 Å². The number of carboxylic acids is 1. The van der Waals surface area contributed by atoms with E-state index in [-0.39, 0.29) is 29.5 Å². The predicted octanol–water partition coefficient (Wildman–Crippen LogP) is 2.23. The van der Waals surface area contributed by atoms with Crippen LogP contribution in [0.4, 0.5) is 5.69 Å². The molecule has 1 amide bonds. The van der Waals surface area contributed by atoms with Crippen LogP contribution in [0, 0.1) is 23.0 Å². The quantitative estimate of drug-likeness (QED) is 0.679. The lowest BCUT2D eigenvalue weighted by Gasteiger charge is -2.31. The Morgan fingerprint density at radius 3 is 2.55 bits per heavy atom. The number of piperidine rings is 1. The standard InChI is InChI=1S/C15H18N2O5/c1-10-3-2-4-12(17(21)22)14(10)15(20)16-7-5-11(6-8-16)9-13(18)19/h2-4,11H,5-9H2,1H3,(H,18,19). The number of hydrogen-bond acceptors (Lipinski definition) is 4. The van der Waals surface area contributed by atoms with Crippen molar-refractivity contribution in [3.63, 3.8) is 0 Å². The molecule has 0 spiro atoms. The van der Waals surface area contributed by atoms with Crippen molar-refractivity contribution < 1.29 is 19.6 Å². The lowest BCUT2D eigenvalue weighted by Crippen LogP contribution is -2.39. The van der Waals surface area contributed by atoms with Crippen molar-refractivity contribution >= 4 is 17.6 Å². The van der Waals surface area contributed by atoms with Gasteiger partial charge in [0.25, 0.3) is 11.6 Å². The van der Waals surface area contributed by atoms with Gasteiger partial charge in [-0.3, -0.25) is 19.7 Å². The number of rotatable bonds is 4. The molecule has 1 aliphatic heterocycles. The van der Waals surface area contributed by atoms with Crippen LogP contribution in [0.3, 0.4) is 0 Å². The molecule has 1 N–H and O–H groups in total. The van der Waals surface area contributed by atoms with Crippen LogP contribution in [0.25, 0.3) is 0 Å². The first-order chi connectivity index (χ1) is 10.4. The third-order valence-corrected chi connectivity index (χ3v) is 4.03. The van der Waals surface area contributed by atoms with Gasteiger partial charge in [-0.05, 0) is 31.2 Å². The summed E-state index contributed by atoms with van der Waals surface area (Å²) in [6.07, 6.45) is 1.32. The van der Waals surface area contributed by atoms with Crippen LogP contribution >= 0.6 is 0 Å². The minimum absolute atomic E-state index is 0.0633. The summed E-state index contributed by atoms with van der Waals surface area (Å²) in [5.41, 5.74) is 0.522. The Labute approximate surface area is 127 Å². The van der Waals surface area contributed by atoms with Crippen LogP contribution in [-0.2, 0) is 4.79 Å². The average molecular weight is 306 g/mol. The van der Waals surface area contributed by atoms with Crippen molar-refractivity contribution in [3.8, 4) is 0 Å². The van der Waals surface area contributed by atoms with Crippen molar-refractivity contribution in [1.82, 2.24) is 4.90 Å². The highest BCUT2D eigenvalue weighted by atomic mass is 16.6. The van der Waals surface area contributed by atoms with Gasteiger partial charge < -0.3 is 10.0 Å². The molecule has 0 unspecified atom stereocenters. The molecule has 1 fully saturated rings. The third-order valence-electron chi connectivity index (χ3n) is 4.03. The Bertz CT molecular complexity index is 606. The topological polar surface area (TPSA) is 101 Å². The molecule has 0 atom stereocenters. The Balaban J connectivity index is 2.14. The maximum absolute atomic E-state index is 12.6. The van der Waals surface area contributed by atoms with Crippen LogP contribution in [0.2, 0.25) is 0 Å². The first kappa shape index (κ1) is 15.9. The number of nitro groups is 1. The molecule has 0 saturated carbocycles. The van der Waals surface area contributed by atoms with E-state index in [4.69, 9.17) is 5.11 Å². The zero-order valence-corrected chi connectivity index (χ0v) is 12.3. The van der Waals surface area contributed by atoms with Gasteiger partial charge in [0, 0.05) is 25.6 Å². The summed E-state index contributed by atoms with van der Waals surface area (Å²) >= 11 is 0. The lowest BCUT2D eigenvalue weighted by molar-refractivity contribution is -0.385. The fourth-order valence-corrected chi connectivity index (χ4v) is 2.83. The summed E-state index contributed by atoms with van der Waals surface area (Å²) in [5, 5.41) is 19.9. The maximum atomic E-state index is 12.6. The van der Waals surface area contributed by atoms with Gasteiger partial charge in [-0.15, -0.1) is 0 Å². The highest BCUT2D eigenvalue weighted by Crippen LogP contribution is 2.27. The molecular formula is C15H18N2O5. The molecule has 118 valence electrons. The summed E-state index contributed by atoms with van der Waals surface area (Å²) in [6, 6.07) is 4.57. The molecule has 22 heavy (non-hydrogen) atoms. The molecule has 0 radical (unpaired) electrons. The van der Waals surface area contributed by atoms with E-state index in [0.29, 0.717) is 31.5 Å². The second-order valence-corrected chi connectivity index (χ2v) is 5.56. The molecular weight excluding hydrogens is 288 g/mol. The number of aryl methyl sites for hydroxylation is 1. The molecule has 1 aromatic carbocycles. The molecule has 1 saturated heterocycles. The molecule has 1 heterocycles. The number of likely N-dealkylation sites (tertiary alicyclic amines) is 1. The molecule has 0 bridgehead atoms. The monoisotopic (exact) mass is 306 g/mol. The summed E-state index contributed by atoms with van der Waals surface area (Å²) < 4.78 is 0. The average Bonchev–Trinajstić information content (AvgIpc) is 2.46. The Morgan fingerprint density at radius 1 is 1.36 bits per heavy atom. The Morgan fingerprint density at radius 2 is 2.00 bits per heavy atom. The van der Waals surface area contributed by atoms with E-state index in [0.717, 1.165) is 0 Å². The highest BCUT2D eigenvalue weighted by Gasteiger charge is 2.29. The van der Waals surface area contributed by atoms with Gasteiger partial charge in [0.1, 0.15) is 5.56 Å². The smallest absolute Gasteiger partial charge is 0.303 e. The number of carbonyl (C=O) groups excluding carboxylic acids is 1. The third kappa shape index (κ3) is 3.41. The second kappa shape index (κ2) is 6.55. The van der Waals surface area contributed by atoms with Crippen LogP contribution < -0.4 is 0 Å². The van der Waals surface area contributed by atoms with E-state index in [9.17, 15) is 19.7 Å². The minimum atomic E-state index is -0.834. The van der Waals surface area contributed by atoms with Crippen molar-refractivity contribution in [3.05, 3.63) is 39.4 Å². The summed E-state index contributed by atoms with van der Waals surface area (Å²) in [7, 11) is 0. The summed E-state index contributed by atoms with van der Waals surface area (Å²) in [4.78, 5) is 35.4. The zero-order chi connectivity index (χ0) is 16.3. The fraction of sp³-hybridized carbons (Fsp3) is 0.467. The number of carboxylic acid groups (broad SMARTS) is 1. The molecule has 2 rings (SSSR count). The van der Waals surface area contributed by atoms with E-state index in [1.807, 2.05) is 0 Å². The number of hydrogen-bond donors (Lipinski definition) is 1. The summed E-state index contributed by atoms with van der Waals surface area (Å²) in [5.74, 6) is -1.12. The van der Waals surface area contributed by atoms with Crippen molar-refractivity contribution in [2.24, 2.45) is 5.92 Å². The van der Waals surface area contributed by atoms with E-state index < -0.39 is 10.9 Å². The highest BCUT2D eigenvalue weighted by molar-refractivity contribution is 5.99. The van der Waals surface area contributed by atoms with Gasteiger partial charge in [-0.2, -0.15) is 0 Å². The zero-order valence-electron chi connectivity index (χ0n) is 12.3. The fourth-order valence-electron chi connectivity index (χ4n) is 2.83. The maximum Gasteiger partial charge on any atom is 0.303 e. The normalized spacial score (nSPS) is 15.6. The number of nitrogens with zero attached hydrogens (tertiary/aromatic N) is 2. The van der Waals surface area contributed by atoms with Gasteiger partial charge in [0.05, 0.1) is 4.92 Å². The molecule has 1 aliphatic rings. The molecule has 7 nitrogen and oxygen atoms in total. The molecule has 0 aromatic heterocycles. The molecule has 7 heteroatoms. The van der Waals surface area contributed by atoms with Crippen molar-refractivity contribution in [2.75, 3.05) is 13.1 Å². The van der Waals surface area contributed by atoms with Crippen LogP contribution in [0.15, 0.2) is 18.2 Å². The van der Waals surface area contributed by atoms with E-state index in [2.05, 4.69) is 0 Å². The van der Waals surface area contributed by atoms with Crippen LogP contribution in [0.1, 0.15) is 35.2 Å². The number of benzene rings is 1. The van der Waals surface area contributed by atoms with Crippen molar-refractivity contribution in [1.29, 1.82) is 0 Å². The van der Waals surface area contributed by atoms with Crippen LogP contribution in [-0.4, -0.2) is 39.9 Å². The van der Waals surface area contributed by atoms with E-state index in [1.54, 1.807) is 24.0 Å². The molecule has 0 aliphatic carbocycles. The second-order valence-electron chi connectivity index (χ2n) is 5.56. The number of aliphatic carboxylic acids is 1. The lowest BCUT2D eigenvalue weighted by atomic mass is 9.93. The van der Waals surface area contributed by atoms with Gasteiger partial charge in [0.2, 0.25) is 0 Å².